The lowest BCUT2D eigenvalue weighted by Crippen LogP contribution is -2.11. The maximum atomic E-state index is 12.9. The summed E-state index contributed by atoms with van der Waals surface area (Å²) in [4.78, 5) is 0. The van der Waals surface area contributed by atoms with Gasteiger partial charge in [-0.25, -0.2) is 4.39 Å². The van der Waals surface area contributed by atoms with Gasteiger partial charge in [0.05, 0.1) is 13.2 Å². The maximum Gasteiger partial charge on any atom is 0.125 e. The van der Waals surface area contributed by atoms with Gasteiger partial charge in [-0.3, -0.25) is 0 Å². The number of hydrogen-bond donors (Lipinski definition) is 0. The first-order chi connectivity index (χ1) is 4.72. The van der Waals surface area contributed by atoms with Crippen molar-refractivity contribution in [3.05, 3.63) is 11.4 Å². The van der Waals surface area contributed by atoms with Crippen LogP contribution in [0.5, 0.6) is 0 Å². The largest absolute Gasteiger partial charge is 0.374 e. The van der Waals surface area contributed by atoms with Gasteiger partial charge in [0, 0.05) is 0 Å². The van der Waals surface area contributed by atoms with Crippen LogP contribution in [0.15, 0.2) is 11.4 Å². The standard InChI is InChI=1S/C8H13FO/c1-6(2)7-3-4-10-5-8(7)9/h6H,3-5H2,1-2H3. The lowest BCUT2D eigenvalue weighted by Gasteiger charge is -2.18. The molecule has 0 spiro atoms. The average molecular weight is 144 g/mol. The van der Waals surface area contributed by atoms with Crippen LogP contribution in [-0.4, -0.2) is 13.2 Å². The first-order valence-electron chi connectivity index (χ1n) is 3.67. The molecule has 1 aliphatic rings. The summed E-state index contributed by atoms with van der Waals surface area (Å²) in [6, 6.07) is 0. The molecule has 1 heterocycles. The molecule has 0 aromatic heterocycles. The molecule has 58 valence electrons. The van der Waals surface area contributed by atoms with Crippen LogP contribution in [0.3, 0.4) is 0 Å². The van der Waals surface area contributed by atoms with Crippen molar-refractivity contribution in [3.8, 4) is 0 Å². The van der Waals surface area contributed by atoms with Gasteiger partial charge in [-0.2, -0.15) is 0 Å². The molecule has 0 fully saturated rings. The highest BCUT2D eigenvalue weighted by atomic mass is 19.1. The molecule has 0 aromatic carbocycles. The van der Waals surface area contributed by atoms with Gasteiger partial charge >= 0.3 is 0 Å². The molecule has 10 heavy (non-hydrogen) atoms. The number of halogens is 1. The Bertz CT molecular complexity index is 149. The van der Waals surface area contributed by atoms with Gasteiger partial charge in [0.15, 0.2) is 0 Å². The molecule has 0 saturated heterocycles. The van der Waals surface area contributed by atoms with Crippen molar-refractivity contribution in [1.82, 2.24) is 0 Å². The lowest BCUT2D eigenvalue weighted by molar-refractivity contribution is 0.125. The Morgan fingerprint density at radius 2 is 2.20 bits per heavy atom. The van der Waals surface area contributed by atoms with E-state index in [0.29, 0.717) is 12.5 Å². The molecule has 1 aliphatic heterocycles. The highest BCUT2D eigenvalue weighted by molar-refractivity contribution is 5.12. The van der Waals surface area contributed by atoms with Crippen LogP contribution in [0.25, 0.3) is 0 Å². The Morgan fingerprint density at radius 3 is 2.60 bits per heavy atom. The second-order valence-electron chi connectivity index (χ2n) is 2.89. The molecule has 0 aromatic rings. The van der Waals surface area contributed by atoms with Crippen molar-refractivity contribution < 1.29 is 9.13 Å². The van der Waals surface area contributed by atoms with Crippen LogP contribution in [0.1, 0.15) is 20.3 Å². The highest BCUT2D eigenvalue weighted by Crippen LogP contribution is 2.23. The zero-order valence-electron chi connectivity index (χ0n) is 6.48. The Balaban J connectivity index is 2.68. The van der Waals surface area contributed by atoms with Crippen LogP contribution in [0.2, 0.25) is 0 Å². The van der Waals surface area contributed by atoms with Crippen LogP contribution < -0.4 is 0 Å². The minimum atomic E-state index is -0.0544. The van der Waals surface area contributed by atoms with E-state index in [1.807, 2.05) is 13.8 Å². The second kappa shape index (κ2) is 3.15. The summed E-state index contributed by atoms with van der Waals surface area (Å²) in [7, 11) is 0. The zero-order chi connectivity index (χ0) is 7.56. The van der Waals surface area contributed by atoms with Crippen molar-refractivity contribution in [3.63, 3.8) is 0 Å². The number of hydrogen-bond acceptors (Lipinski definition) is 1. The van der Waals surface area contributed by atoms with E-state index in [2.05, 4.69) is 0 Å². The van der Waals surface area contributed by atoms with Gasteiger partial charge in [0.25, 0.3) is 0 Å². The predicted octanol–water partition coefficient (Wildman–Crippen LogP) is 2.29. The maximum absolute atomic E-state index is 12.9. The van der Waals surface area contributed by atoms with Gasteiger partial charge < -0.3 is 4.74 Å². The molecular formula is C8H13FO. The third-order valence-corrected chi connectivity index (χ3v) is 1.79. The molecule has 0 atom stereocenters. The predicted molar refractivity (Wildman–Crippen MR) is 38.4 cm³/mol. The molecule has 0 saturated carbocycles. The van der Waals surface area contributed by atoms with E-state index < -0.39 is 0 Å². The second-order valence-corrected chi connectivity index (χ2v) is 2.89. The summed E-state index contributed by atoms with van der Waals surface area (Å²) in [5.74, 6) is 0.283. The van der Waals surface area contributed by atoms with Crippen molar-refractivity contribution >= 4 is 0 Å². The fourth-order valence-electron chi connectivity index (χ4n) is 1.17. The van der Waals surface area contributed by atoms with E-state index in [9.17, 15) is 4.39 Å². The van der Waals surface area contributed by atoms with Crippen molar-refractivity contribution in [2.75, 3.05) is 13.2 Å². The van der Waals surface area contributed by atoms with E-state index in [1.54, 1.807) is 0 Å². The molecule has 0 bridgehead atoms. The third-order valence-electron chi connectivity index (χ3n) is 1.79. The molecule has 0 unspecified atom stereocenters. The highest BCUT2D eigenvalue weighted by Gasteiger charge is 2.14. The molecule has 0 amide bonds. The zero-order valence-corrected chi connectivity index (χ0v) is 6.48. The minimum Gasteiger partial charge on any atom is -0.374 e. The first kappa shape index (κ1) is 7.73. The number of rotatable bonds is 1. The van der Waals surface area contributed by atoms with E-state index >= 15 is 0 Å². The Kier molecular flexibility index (Phi) is 2.44. The van der Waals surface area contributed by atoms with Crippen molar-refractivity contribution in [2.24, 2.45) is 5.92 Å². The van der Waals surface area contributed by atoms with Crippen molar-refractivity contribution in [2.45, 2.75) is 20.3 Å². The normalized spacial score (nSPS) is 20.4. The molecule has 2 heteroatoms. The van der Waals surface area contributed by atoms with Gasteiger partial charge in [0.2, 0.25) is 0 Å². The van der Waals surface area contributed by atoms with E-state index in [1.165, 1.54) is 0 Å². The minimum absolute atomic E-state index is 0.0544. The molecule has 0 aliphatic carbocycles. The quantitative estimate of drug-likeness (QED) is 0.548. The van der Waals surface area contributed by atoms with Crippen LogP contribution >= 0.6 is 0 Å². The van der Waals surface area contributed by atoms with E-state index in [-0.39, 0.29) is 12.4 Å². The topological polar surface area (TPSA) is 9.23 Å². The van der Waals surface area contributed by atoms with Gasteiger partial charge in [-0.1, -0.05) is 13.8 Å². The van der Waals surface area contributed by atoms with Gasteiger partial charge in [0.1, 0.15) is 5.83 Å². The summed E-state index contributed by atoms with van der Waals surface area (Å²) >= 11 is 0. The summed E-state index contributed by atoms with van der Waals surface area (Å²) < 4.78 is 17.8. The fourth-order valence-corrected chi connectivity index (χ4v) is 1.17. The van der Waals surface area contributed by atoms with E-state index in [0.717, 1.165) is 12.0 Å². The van der Waals surface area contributed by atoms with Crippen molar-refractivity contribution in [1.29, 1.82) is 0 Å². The smallest absolute Gasteiger partial charge is 0.125 e. The Labute approximate surface area is 60.9 Å². The molecule has 0 radical (unpaired) electrons. The fraction of sp³-hybridized carbons (Fsp3) is 0.750. The summed E-state index contributed by atoms with van der Waals surface area (Å²) in [6.07, 6.45) is 0.767. The molecule has 0 N–H and O–H groups in total. The average Bonchev–Trinajstić information content (AvgIpc) is 1.88. The number of ether oxygens (including phenoxy) is 1. The summed E-state index contributed by atoms with van der Waals surface area (Å²) in [5.41, 5.74) is 0.936. The van der Waals surface area contributed by atoms with Crippen LogP contribution in [-0.2, 0) is 4.74 Å². The van der Waals surface area contributed by atoms with E-state index in [4.69, 9.17) is 4.74 Å². The van der Waals surface area contributed by atoms with Crippen LogP contribution in [0, 0.1) is 5.92 Å². The molecule has 1 rings (SSSR count). The lowest BCUT2D eigenvalue weighted by atomic mass is 9.98. The SMILES string of the molecule is CC(C)C1=C(F)COCC1. The summed E-state index contributed by atoms with van der Waals surface area (Å²) in [6.45, 7) is 4.90. The molecule has 1 nitrogen and oxygen atoms in total. The van der Waals surface area contributed by atoms with Crippen LogP contribution in [0.4, 0.5) is 4.39 Å². The molecular weight excluding hydrogens is 131 g/mol. The summed E-state index contributed by atoms with van der Waals surface area (Å²) in [5, 5.41) is 0. The first-order valence-corrected chi connectivity index (χ1v) is 3.67. The van der Waals surface area contributed by atoms with Gasteiger partial charge in [-0.05, 0) is 17.9 Å². The Hall–Kier alpha value is -0.370. The van der Waals surface area contributed by atoms with Gasteiger partial charge in [-0.15, -0.1) is 0 Å². The monoisotopic (exact) mass is 144 g/mol. The Morgan fingerprint density at radius 1 is 1.50 bits per heavy atom. The third kappa shape index (κ3) is 1.57.